The van der Waals surface area contributed by atoms with E-state index < -0.39 is 0 Å². The van der Waals surface area contributed by atoms with E-state index in [0.717, 1.165) is 6.42 Å². The number of nitrogens with one attached hydrogen (secondary N) is 2. The molecule has 0 aliphatic heterocycles. The summed E-state index contributed by atoms with van der Waals surface area (Å²) in [5.41, 5.74) is 0. The molecule has 1 rings (SSSR count). The molecule has 4 nitrogen and oxygen atoms in total. The van der Waals surface area contributed by atoms with Crippen molar-refractivity contribution in [1.82, 2.24) is 10.6 Å². The third kappa shape index (κ3) is 4.39. The standard InChI is InChI=1S/C12H24N2O2S/c1-8-5-4-6-10(8)14-12(16)13-9(2)11(7-15)17-3/h8-11,15H,4-7H2,1-3H3,(H2,13,14,16). The molecule has 1 aliphatic carbocycles. The second-order valence-electron chi connectivity index (χ2n) is 4.88. The number of rotatable bonds is 5. The quantitative estimate of drug-likeness (QED) is 0.703. The van der Waals surface area contributed by atoms with E-state index in [1.165, 1.54) is 12.8 Å². The van der Waals surface area contributed by atoms with E-state index in [0.29, 0.717) is 12.0 Å². The van der Waals surface area contributed by atoms with Crippen LogP contribution in [0.1, 0.15) is 33.1 Å². The lowest BCUT2D eigenvalue weighted by molar-refractivity contribution is 0.226. The Morgan fingerprint density at radius 2 is 2.24 bits per heavy atom. The minimum atomic E-state index is -0.108. The highest BCUT2D eigenvalue weighted by Gasteiger charge is 2.25. The molecule has 0 bridgehead atoms. The van der Waals surface area contributed by atoms with Crippen molar-refractivity contribution in [2.45, 2.75) is 50.4 Å². The van der Waals surface area contributed by atoms with E-state index >= 15 is 0 Å². The molecule has 3 N–H and O–H groups in total. The van der Waals surface area contributed by atoms with Gasteiger partial charge in [-0.05, 0) is 31.9 Å². The molecule has 0 radical (unpaired) electrons. The maximum absolute atomic E-state index is 11.8. The molecule has 5 heteroatoms. The van der Waals surface area contributed by atoms with Gasteiger partial charge in [0.1, 0.15) is 0 Å². The molecule has 0 aromatic rings. The van der Waals surface area contributed by atoms with Crippen molar-refractivity contribution in [2.24, 2.45) is 5.92 Å². The van der Waals surface area contributed by atoms with Crippen LogP contribution < -0.4 is 10.6 Å². The molecule has 0 spiro atoms. The highest BCUT2D eigenvalue weighted by Crippen LogP contribution is 2.24. The van der Waals surface area contributed by atoms with Crippen LogP contribution >= 0.6 is 11.8 Å². The average molecular weight is 260 g/mol. The van der Waals surface area contributed by atoms with Crippen LogP contribution in [0.5, 0.6) is 0 Å². The zero-order valence-corrected chi connectivity index (χ0v) is 11.7. The molecule has 0 aromatic carbocycles. The normalized spacial score (nSPS) is 27.5. The third-order valence-electron chi connectivity index (χ3n) is 3.58. The largest absolute Gasteiger partial charge is 0.395 e. The lowest BCUT2D eigenvalue weighted by Gasteiger charge is -2.24. The lowest BCUT2D eigenvalue weighted by atomic mass is 10.1. The molecule has 17 heavy (non-hydrogen) atoms. The Morgan fingerprint density at radius 3 is 2.71 bits per heavy atom. The van der Waals surface area contributed by atoms with Crippen molar-refractivity contribution in [2.75, 3.05) is 12.9 Å². The molecule has 0 aromatic heterocycles. The van der Waals surface area contributed by atoms with Gasteiger partial charge in [-0.15, -0.1) is 0 Å². The van der Waals surface area contributed by atoms with Gasteiger partial charge in [0.15, 0.2) is 0 Å². The van der Waals surface area contributed by atoms with E-state index in [1.807, 2.05) is 13.2 Å². The fraction of sp³-hybridized carbons (Fsp3) is 0.917. The smallest absolute Gasteiger partial charge is 0.315 e. The zero-order valence-electron chi connectivity index (χ0n) is 10.9. The van der Waals surface area contributed by atoms with Crippen molar-refractivity contribution in [1.29, 1.82) is 0 Å². The molecule has 0 saturated heterocycles. The Hall–Kier alpha value is -0.420. The van der Waals surface area contributed by atoms with Gasteiger partial charge >= 0.3 is 6.03 Å². The molecule has 0 heterocycles. The maximum Gasteiger partial charge on any atom is 0.315 e. The minimum Gasteiger partial charge on any atom is -0.395 e. The van der Waals surface area contributed by atoms with Gasteiger partial charge in [-0.3, -0.25) is 0 Å². The van der Waals surface area contributed by atoms with Crippen LogP contribution in [-0.4, -0.2) is 41.3 Å². The Bertz CT molecular complexity index is 247. The molecular formula is C12H24N2O2S. The number of urea groups is 1. The summed E-state index contributed by atoms with van der Waals surface area (Å²) < 4.78 is 0. The topological polar surface area (TPSA) is 61.4 Å². The molecule has 4 atom stereocenters. The van der Waals surface area contributed by atoms with Gasteiger partial charge in [0.05, 0.1) is 6.61 Å². The second kappa shape index (κ2) is 7.11. The van der Waals surface area contributed by atoms with Gasteiger partial charge < -0.3 is 15.7 Å². The second-order valence-corrected chi connectivity index (χ2v) is 5.95. The Labute approximate surface area is 108 Å². The number of carbonyl (C=O) groups is 1. The van der Waals surface area contributed by atoms with E-state index in [-0.39, 0.29) is 23.9 Å². The minimum absolute atomic E-state index is 0.0216. The van der Waals surface area contributed by atoms with E-state index in [2.05, 4.69) is 17.6 Å². The first kappa shape index (κ1) is 14.6. The van der Waals surface area contributed by atoms with Crippen molar-refractivity contribution >= 4 is 17.8 Å². The Kier molecular flexibility index (Phi) is 6.12. The first-order chi connectivity index (χ1) is 8.08. The van der Waals surface area contributed by atoms with E-state index in [4.69, 9.17) is 5.11 Å². The monoisotopic (exact) mass is 260 g/mol. The summed E-state index contributed by atoms with van der Waals surface area (Å²) in [6.45, 7) is 4.19. The number of aliphatic hydroxyl groups excluding tert-OH is 1. The predicted octanol–water partition coefficient (Wildman–Crippen LogP) is 1.59. The summed E-state index contributed by atoms with van der Waals surface area (Å²) in [5, 5.41) is 15.1. The lowest BCUT2D eigenvalue weighted by Crippen LogP contribution is -2.49. The molecule has 4 unspecified atom stereocenters. The third-order valence-corrected chi connectivity index (χ3v) is 4.74. The van der Waals surface area contributed by atoms with Gasteiger partial charge in [0, 0.05) is 17.3 Å². The van der Waals surface area contributed by atoms with Crippen LogP contribution in [0.3, 0.4) is 0 Å². The van der Waals surface area contributed by atoms with Crippen LogP contribution in [0.15, 0.2) is 0 Å². The number of thioether (sulfide) groups is 1. The van der Waals surface area contributed by atoms with Crippen molar-refractivity contribution in [3.63, 3.8) is 0 Å². The first-order valence-corrected chi connectivity index (χ1v) is 7.58. The number of hydrogen-bond acceptors (Lipinski definition) is 3. The van der Waals surface area contributed by atoms with E-state index in [1.54, 1.807) is 11.8 Å². The molecule has 2 amide bonds. The number of carbonyl (C=O) groups excluding carboxylic acids is 1. The number of hydrogen-bond donors (Lipinski definition) is 3. The predicted molar refractivity (Wildman–Crippen MR) is 72.3 cm³/mol. The average Bonchev–Trinajstić information content (AvgIpc) is 2.66. The summed E-state index contributed by atoms with van der Waals surface area (Å²) in [7, 11) is 0. The summed E-state index contributed by atoms with van der Waals surface area (Å²) in [6, 6.07) is 0.180. The van der Waals surface area contributed by atoms with Crippen molar-refractivity contribution in [3.05, 3.63) is 0 Å². The van der Waals surface area contributed by atoms with Gasteiger partial charge in [-0.25, -0.2) is 4.79 Å². The SMILES string of the molecule is CSC(CO)C(C)NC(=O)NC1CCCC1C. The summed E-state index contributed by atoms with van der Waals surface area (Å²) in [4.78, 5) is 11.8. The number of aliphatic hydroxyl groups is 1. The van der Waals surface area contributed by atoms with Crippen molar-refractivity contribution in [3.8, 4) is 0 Å². The van der Waals surface area contributed by atoms with Gasteiger partial charge in [-0.1, -0.05) is 13.3 Å². The fourth-order valence-electron chi connectivity index (χ4n) is 2.31. The van der Waals surface area contributed by atoms with Gasteiger partial charge in [0.25, 0.3) is 0 Å². The van der Waals surface area contributed by atoms with E-state index in [9.17, 15) is 4.79 Å². The Morgan fingerprint density at radius 1 is 1.53 bits per heavy atom. The van der Waals surface area contributed by atoms with Crippen LogP contribution in [0.2, 0.25) is 0 Å². The summed E-state index contributed by atoms with van der Waals surface area (Å²) >= 11 is 1.57. The highest BCUT2D eigenvalue weighted by atomic mass is 32.2. The van der Waals surface area contributed by atoms with Crippen molar-refractivity contribution < 1.29 is 9.90 Å². The highest BCUT2D eigenvalue weighted by molar-refractivity contribution is 7.99. The Balaban J connectivity index is 2.33. The molecule has 100 valence electrons. The first-order valence-electron chi connectivity index (χ1n) is 6.29. The number of amides is 2. The van der Waals surface area contributed by atoms with Crippen LogP contribution in [0.25, 0.3) is 0 Å². The summed E-state index contributed by atoms with van der Waals surface area (Å²) in [5.74, 6) is 0.574. The molecule has 1 fully saturated rings. The fourth-order valence-corrected chi connectivity index (χ4v) is 2.93. The molecule has 1 aliphatic rings. The summed E-state index contributed by atoms with van der Waals surface area (Å²) in [6.07, 6.45) is 5.42. The molecular weight excluding hydrogens is 236 g/mol. The van der Waals surface area contributed by atoms with Crippen LogP contribution in [0.4, 0.5) is 4.79 Å². The maximum atomic E-state index is 11.8. The zero-order chi connectivity index (χ0) is 12.8. The van der Waals surface area contributed by atoms with Crippen LogP contribution in [0, 0.1) is 5.92 Å². The van der Waals surface area contributed by atoms with Gasteiger partial charge in [0.2, 0.25) is 0 Å². The molecule has 1 saturated carbocycles. The van der Waals surface area contributed by atoms with Crippen LogP contribution in [-0.2, 0) is 0 Å². The van der Waals surface area contributed by atoms with Gasteiger partial charge in [-0.2, -0.15) is 11.8 Å².